The highest BCUT2D eigenvalue weighted by Gasteiger charge is 2.21. The summed E-state index contributed by atoms with van der Waals surface area (Å²) >= 11 is 6.32. The number of benzene rings is 2. The Kier molecular flexibility index (Phi) is 4.91. The van der Waals surface area contributed by atoms with Gasteiger partial charge in [-0.05, 0) is 50.1 Å². The van der Waals surface area contributed by atoms with E-state index in [0.29, 0.717) is 28.7 Å². The van der Waals surface area contributed by atoms with Crippen molar-refractivity contribution in [2.45, 2.75) is 27.4 Å². The molecule has 0 amide bonds. The molecule has 3 rings (SSSR count). The molecule has 0 saturated heterocycles. The van der Waals surface area contributed by atoms with Gasteiger partial charge in [0.2, 0.25) is 0 Å². The Balaban J connectivity index is 1.75. The Bertz CT molecular complexity index is 880. The van der Waals surface area contributed by atoms with E-state index in [1.807, 2.05) is 6.07 Å². The summed E-state index contributed by atoms with van der Waals surface area (Å²) in [4.78, 5) is 16.2. The number of aryl methyl sites for hydroxylation is 2. The SMILES string of the molecule is CC1=NOC(=O)/C1=C/c1ccc(OCc2cc(C)cc(C)c2)c(Cl)c1. The van der Waals surface area contributed by atoms with Gasteiger partial charge in [-0.1, -0.05) is 52.1 Å². The zero-order chi connectivity index (χ0) is 18.0. The fraction of sp³-hybridized carbons (Fsp3) is 0.200. The van der Waals surface area contributed by atoms with Crippen molar-refractivity contribution in [1.82, 2.24) is 0 Å². The molecule has 0 atom stereocenters. The van der Waals surface area contributed by atoms with Crippen LogP contribution in [0.1, 0.15) is 29.2 Å². The first-order chi connectivity index (χ1) is 11.9. The van der Waals surface area contributed by atoms with Crippen molar-refractivity contribution in [1.29, 1.82) is 0 Å². The molecule has 0 bridgehead atoms. The van der Waals surface area contributed by atoms with Gasteiger partial charge >= 0.3 is 5.97 Å². The zero-order valence-electron chi connectivity index (χ0n) is 14.3. The third kappa shape index (κ3) is 4.09. The van der Waals surface area contributed by atoms with Crippen LogP contribution in [0, 0.1) is 13.8 Å². The van der Waals surface area contributed by atoms with E-state index < -0.39 is 5.97 Å². The zero-order valence-corrected chi connectivity index (χ0v) is 15.1. The maximum atomic E-state index is 11.6. The van der Waals surface area contributed by atoms with Crippen LogP contribution in [0.2, 0.25) is 5.02 Å². The number of carbonyl (C=O) groups excluding carboxylic acids is 1. The van der Waals surface area contributed by atoms with Crippen LogP contribution >= 0.6 is 11.6 Å². The molecule has 1 heterocycles. The van der Waals surface area contributed by atoms with E-state index in [4.69, 9.17) is 16.3 Å². The maximum absolute atomic E-state index is 11.6. The van der Waals surface area contributed by atoms with Crippen molar-refractivity contribution in [3.63, 3.8) is 0 Å². The standard InChI is InChI=1S/C20H18ClNO3/c1-12-6-13(2)8-16(7-12)11-24-19-5-4-15(10-18(19)21)9-17-14(3)22-25-20(17)23/h4-10H,11H2,1-3H3/b17-9+. The summed E-state index contributed by atoms with van der Waals surface area (Å²) < 4.78 is 5.83. The van der Waals surface area contributed by atoms with E-state index >= 15 is 0 Å². The fourth-order valence-corrected chi connectivity index (χ4v) is 2.97. The molecular formula is C20H18ClNO3. The number of hydrogen-bond acceptors (Lipinski definition) is 4. The molecular weight excluding hydrogens is 338 g/mol. The predicted octanol–water partition coefficient (Wildman–Crippen LogP) is 4.85. The normalized spacial score (nSPS) is 15.3. The molecule has 1 aliphatic heterocycles. The lowest BCUT2D eigenvalue weighted by Gasteiger charge is -2.10. The van der Waals surface area contributed by atoms with Gasteiger partial charge in [0.1, 0.15) is 12.4 Å². The molecule has 0 fully saturated rings. The summed E-state index contributed by atoms with van der Waals surface area (Å²) in [6, 6.07) is 11.7. The fourth-order valence-electron chi connectivity index (χ4n) is 2.72. The minimum atomic E-state index is -0.455. The third-order valence-electron chi connectivity index (χ3n) is 3.82. The summed E-state index contributed by atoms with van der Waals surface area (Å²) in [5.74, 6) is 0.145. The Labute approximate surface area is 151 Å². The van der Waals surface area contributed by atoms with Crippen LogP contribution in [-0.2, 0) is 16.2 Å². The van der Waals surface area contributed by atoms with Crippen molar-refractivity contribution in [2.75, 3.05) is 0 Å². The molecule has 5 heteroatoms. The van der Waals surface area contributed by atoms with Gasteiger partial charge in [-0.15, -0.1) is 0 Å². The molecule has 0 aromatic heterocycles. The van der Waals surface area contributed by atoms with Gasteiger partial charge in [0, 0.05) is 0 Å². The number of carbonyl (C=O) groups is 1. The molecule has 25 heavy (non-hydrogen) atoms. The number of nitrogens with zero attached hydrogens (tertiary/aromatic N) is 1. The van der Waals surface area contributed by atoms with E-state index in [1.165, 1.54) is 11.1 Å². The Morgan fingerprint density at radius 3 is 2.44 bits per heavy atom. The van der Waals surface area contributed by atoms with Gasteiger partial charge in [0.05, 0.1) is 16.3 Å². The number of rotatable bonds is 4. The summed E-state index contributed by atoms with van der Waals surface area (Å²) in [6.07, 6.45) is 1.70. The summed E-state index contributed by atoms with van der Waals surface area (Å²) in [6.45, 7) is 6.29. The molecule has 4 nitrogen and oxygen atoms in total. The van der Waals surface area contributed by atoms with Crippen LogP contribution in [0.25, 0.3) is 6.08 Å². The molecule has 0 radical (unpaired) electrons. The topological polar surface area (TPSA) is 47.9 Å². The number of ether oxygens (including phenoxy) is 1. The highest BCUT2D eigenvalue weighted by atomic mass is 35.5. The highest BCUT2D eigenvalue weighted by Crippen LogP contribution is 2.28. The lowest BCUT2D eigenvalue weighted by molar-refractivity contribution is -0.136. The monoisotopic (exact) mass is 355 g/mol. The van der Waals surface area contributed by atoms with Gasteiger partial charge in [0.15, 0.2) is 0 Å². The molecule has 2 aromatic carbocycles. The Morgan fingerprint density at radius 2 is 1.84 bits per heavy atom. The van der Waals surface area contributed by atoms with Gasteiger partial charge in [-0.3, -0.25) is 0 Å². The number of halogens is 1. The van der Waals surface area contributed by atoms with Crippen LogP contribution in [0.4, 0.5) is 0 Å². The van der Waals surface area contributed by atoms with Crippen LogP contribution in [0.5, 0.6) is 5.75 Å². The molecule has 0 saturated carbocycles. The lowest BCUT2D eigenvalue weighted by atomic mass is 10.1. The largest absolute Gasteiger partial charge is 0.487 e. The first-order valence-electron chi connectivity index (χ1n) is 7.90. The van der Waals surface area contributed by atoms with Crippen LogP contribution in [0.15, 0.2) is 47.1 Å². The summed E-state index contributed by atoms with van der Waals surface area (Å²) in [5.41, 5.74) is 5.27. The van der Waals surface area contributed by atoms with E-state index in [-0.39, 0.29) is 0 Å². The summed E-state index contributed by atoms with van der Waals surface area (Å²) in [7, 11) is 0. The first-order valence-corrected chi connectivity index (χ1v) is 8.28. The maximum Gasteiger partial charge on any atom is 0.367 e. The lowest BCUT2D eigenvalue weighted by Crippen LogP contribution is -2.01. The molecule has 0 spiro atoms. The van der Waals surface area contributed by atoms with Crippen molar-refractivity contribution < 1.29 is 14.4 Å². The third-order valence-corrected chi connectivity index (χ3v) is 4.11. The average Bonchev–Trinajstić information content (AvgIpc) is 2.85. The Morgan fingerprint density at radius 1 is 1.12 bits per heavy atom. The second-order valence-electron chi connectivity index (χ2n) is 6.09. The van der Waals surface area contributed by atoms with Crippen LogP contribution < -0.4 is 4.74 Å². The van der Waals surface area contributed by atoms with E-state index in [0.717, 1.165) is 11.1 Å². The summed E-state index contributed by atoms with van der Waals surface area (Å²) in [5, 5.41) is 4.14. The molecule has 128 valence electrons. The first kappa shape index (κ1) is 17.2. The number of hydrogen-bond donors (Lipinski definition) is 0. The van der Waals surface area contributed by atoms with Crippen molar-refractivity contribution >= 4 is 29.4 Å². The van der Waals surface area contributed by atoms with Gasteiger partial charge < -0.3 is 9.57 Å². The molecule has 1 aliphatic rings. The van der Waals surface area contributed by atoms with Crippen molar-refractivity contribution in [3.05, 3.63) is 69.2 Å². The van der Waals surface area contributed by atoms with E-state index in [2.05, 4.69) is 42.0 Å². The van der Waals surface area contributed by atoms with Gasteiger partial charge in [0.25, 0.3) is 0 Å². The second-order valence-corrected chi connectivity index (χ2v) is 6.50. The van der Waals surface area contributed by atoms with Gasteiger partial charge in [-0.2, -0.15) is 0 Å². The van der Waals surface area contributed by atoms with E-state index in [9.17, 15) is 4.79 Å². The van der Waals surface area contributed by atoms with Crippen molar-refractivity contribution in [3.8, 4) is 5.75 Å². The van der Waals surface area contributed by atoms with Gasteiger partial charge in [-0.25, -0.2) is 4.79 Å². The number of oxime groups is 1. The van der Waals surface area contributed by atoms with Crippen LogP contribution in [-0.4, -0.2) is 11.7 Å². The smallest absolute Gasteiger partial charge is 0.367 e. The highest BCUT2D eigenvalue weighted by molar-refractivity contribution is 6.32. The molecule has 0 unspecified atom stereocenters. The average molecular weight is 356 g/mol. The van der Waals surface area contributed by atoms with Crippen molar-refractivity contribution in [2.24, 2.45) is 5.16 Å². The quantitative estimate of drug-likeness (QED) is 0.581. The minimum Gasteiger partial charge on any atom is -0.487 e. The predicted molar refractivity (Wildman–Crippen MR) is 98.9 cm³/mol. The molecule has 2 aromatic rings. The molecule has 0 aliphatic carbocycles. The van der Waals surface area contributed by atoms with Crippen LogP contribution in [0.3, 0.4) is 0 Å². The second kappa shape index (κ2) is 7.11. The van der Waals surface area contributed by atoms with E-state index in [1.54, 1.807) is 25.1 Å². The molecule has 0 N–H and O–H groups in total. The Hall–Kier alpha value is -2.59. The minimum absolute atomic E-state index is 0.431.